The first-order chi connectivity index (χ1) is 9.75. The van der Waals surface area contributed by atoms with Gasteiger partial charge in [0.2, 0.25) is 0 Å². The van der Waals surface area contributed by atoms with E-state index in [4.69, 9.17) is 15.2 Å². The van der Waals surface area contributed by atoms with Gasteiger partial charge in [0, 0.05) is 13.1 Å². The van der Waals surface area contributed by atoms with Crippen LogP contribution in [0, 0.1) is 0 Å². The number of aliphatic hydroxyl groups is 1. The Hall–Kier alpha value is -1.47. The summed E-state index contributed by atoms with van der Waals surface area (Å²) in [5.41, 5.74) is 5.63. The van der Waals surface area contributed by atoms with E-state index in [0.717, 1.165) is 5.00 Å². The fourth-order valence-electron chi connectivity index (χ4n) is 2.34. The Balaban J connectivity index is 2.41. The Morgan fingerprint density at radius 1 is 1.52 bits per heavy atom. The van der Waals surface area contributed by atoms with Crippen LogP contribution in [0.15, 0.2) is 0 Å². The summed E-state index contributed by atoms with van der Waals surface area (Å²) in [5.74, 6) is 0.0383. The zero-order valence-corrected chi connectivity index (χ0v) is 13.6. The van der Waals surface area contributed by atoms with Crippen LogP contribution in [0.1, 0.15) is 36.9 Å². The number of nitrogens with zero attached hydrogens (tertiary/aromatic N) is 1. The van der Waals surface area contributed by atoms with E-state index in [0.29, 0.717) is 35.8 Å². The highest BCUT2D eigenvalue weighted by Crippen LogP contribution is 2.47. The van der Waals surface area contributed by atoms with Gasteiger partial charge in [-0.2, -0.15) is 0 Å². The molecule has 0 aromatic carbocycles. The summed E-state index contributed by atoms with van der Waals surface area (Å²) in [7, 11) is 1.32. The van der Waals surface area contributed by atoms with Crippen molar-refractivity contribution in [3.8, 4) is 5.75 Å². The van der Waals surface area contributed by atoms with Crippen LogP contribution < -0.4 is 15.4 Å². The van der Waals surface area contributed by atoms with Crippen molar-refractivity contribution in [3.63, 3.8) is 0 Å². The number of β-amino-alcohol motifs (C(OH)–C–C–N with tert-alkyl or cyclic N) is 1. The monoisotopic (exact) mass is 314 g/mol. The standard InChI is InChI=1S/C14H22N2O4S/c1-8(2)20-10-9(15)11(13(17)19-4)21-12(10)16-6-5-14(3,18)7-16/h8,18H,5-7,15H2,1-4H3. The molecule has 0 saturated carbocycles. The molecule has 7 heteroatoms. The van der Waals surface area contributed by atoms with Crippen molar-refractivity contribution in [3.05, 3.63) is 4.88 Å². The van der Waals surface area contributed by atoms with E-state index in [2.05, 4.69) is 0 Å². The molecule has 6 nitrogen and oxygen atoms in total. The zero-order valence-electron chi connectivity index (χ0n) is 12.8. The van der Waals surface area contributed by atoms with E-state index in [1.54, 1.807) is 6.92 Å². The minimum atomic E-state index is -0.737. The number of hydrogen-bond donors (Lipinski definition) is 2. The second-order valence-corrected chi connectivity index (χ2v) is 6.80. The Morgan fingerprint density at radius 2 is 2.19 bits per heavy atom. The van der Waals surface area contributed by atoms with E-state index < -0.39 is 11.6 Å². The van der Waals surface area contributed by atoms with Gasteiger partial charge in [0.15, 0.2) is 5.75 Å². The van der Waals surface area contributed by atoms with Crippen molar-refractivity contribution in [1.29, 1.82) is 0 Å². The minimum Gasteiger partial charge on any atom is -0.486 e. The third-order valence-electron chi connectivity index (χ3n) is 3.35. The summed E-state index contributed by atoms with van der Waals surface area (Å²) < 4.78 is 10.5. The lowest BCUT2D eigenvalue weighted by Gasteiger charge is -2.21. The number of nitrogen functional groups attached to an aromatic ring is 1. The molecule has 1 saturated heterocycles. The van der Waals surface area contributed by atoms with Crippen LogP contribution in [0.25, 0.3) is 0 Å². The Bertz CT molecular complexity index is 539. The molecule has 1 atom stereocenters. The molecule has 118 valence electrons. The maximum atomic E-state index is 11.8. The van der Waals surface area contributed by atoms with E-state index in [1.807, 2.05) is 18.7 Å². The van der Waals surface area contributed by atoms with Crippen molar-refractivity contribution in [2.24, 2.45) is 0 Å². The fourth-order valence-corrected chi connectivity index (χ4v) is 3.44. The molecule has 2 rings (SSSR count). The van der Waals surface area contributed by atoms with Crippen LogP contribution in [0.5, 0.6) is 5.75 Å². The van der Waals surface area contributed by atoms with Gasteiger partial charge in [0.25, 0.3) is 0 Å². The third-order valence-corrected chi connectivity index (χ3v) is 4.57. The van der Waals surface area contributed by atoms with Gasteiger partial charge in [-0.05, 0) is 27.2 Å². The number of hydrogen-bond acceptors (Lipinski definition) is 7. The van der Waals surface area contributed by atoms with E-state index in [-0.39, 0.29) is 6.10 Å². The van der Waals surface area contributed by atoms with Crippen molar-refractivity contribution in [1.82, 2.24) is 0 Å². The number of carbonyl (C=O) groups is 1. The number of rotatable bonds is 4. The maximum absolute atomic E-state index is 11.8. The van der Waals surface area contributed by atoms with Crippen LogP contribution in [0.4, 0.5) is 10.7 Å². The molecular weight excluding hydrogens is 292 g/mol. The number of carbonyl (C=O) groups excluding carboxylic acids is 1. The lowest BCUT2D eigenvalue weighted by atomic mass is 10.1. The largest absolute Gasteiger partial charge is 0.486 e. The Labute approximate surface area is 128 Å². The predicted molar refractivity (Wildman–Crippen MR) is 83.3 cm³/mol. The molecule has 0 radical (unpaired) electrons. The minimum absolute atomic E-state index is 0.0609. The summed E-state index contributed by atoms with van der Waals surface area (Å²) in [6, 6.07) is 0. The van der Waals surface area contributed by atoms with Gasteiger partial charge in [0.05, 0.1) is 18.8 Å². The quantitative estimate of drug-likeness (QED) is 0.825. The summed E-state index contributed by atoms with van der Waals surface area (Å²) in [5, 5.41) is 10.9. The smallest absolute Gasteiger partial charge is 0.350 e. The number of nitrogens with two attached hydrogens (primary N) is 1. The second kappa shape index (κ2) is 5.73. The molecule has 1 aromatic rings. The highest BCUT2D eigenvalue weighted by atomic mass is 32.1. The number of anilines is 2. The molecule has 0 spiro atoms. The average Bonchev–Trinajstić information content (AvgIpc) is 2.90. The van der Waals surface area contributed by atoms with Crippen LogP contribution >= 0.6 is 11.3 Å². The van der Waals surface area contributed by atoms with Crippen molar-refractivity contribution in [2.45, 2.75) is 38.9 Å². The summed E-state index contributed by atoms with van der Waals surface area (Å²) in [4.78, 5) is 14.2. The first kappa shape index (κ1) is 15.9. The highest BCUT2D eigenvalue weighted by molar-refractivity contribution is 7.19. The topological polar surface area (TPSA) is 85.0 Å². The van der Waals surface area contributed by atoms with Crippen molar-refractivity contribution >= 4 is 28.0 Å². The molecule has 2 heterocycles. The van der Waals surface area contributed by atoms with Gasteiger partial charge in [-0.3, -0.25) is 0 Å². The normalized spacial score (nSPS) is 21.9. The SMILES string of the molecule is COC(=O)c1sc(N2CCC(C)(O)C2)c(OC(C)C)c1N. The summed E-state index contributed by atoms with van der Waals surface area (Å²) >= 11 is 1.25. The predicted octanol–water partition coefficient (Wildman–Crippen LogP) is 1.87. The average molecular weight is 314 g/mol. The van der Waals surface area contributed by atoms with Crippen LogP contribution in [-0.2, 0) is 4.74 Å². The Kier molecular flexibility index (Phi) is 4.34. The van der Waals surface area contributed by atoms with Crippen molar-refractivity contribution in [2.75, 3.05) is 30.8 Å². The number of methoxy groups -OCH3 is 1. The fraction of sp³-hybridized carbons (Fsp3) is 0.643. The molecule has 3 N–H and O–H groups in total. The molecule has 1 fully saturated rings. The van der Waals surface area contributed by atoms with Crippen LogP contribution in [0.3, 0.4) is 0 Å². The van der Waals surface area contributed by atoms with E-state index in [1.165, 1.54) is 18.4 Å². The molecule has 1 aliphatic rings. The van der Waals surface area contributed by atoms with E-state index >= 15 is 0 Å². The van der Waals surface area contributed by atoms with Crippen LogP contribution in [-0.4, -0.2) is 43.0 Å². The summed E-state index contributed by atoms with van der Waals surface area (Å²) in [6.45, 7) is 6.79. The van der Waals surface area contributed by atoms with Crippen LogP contribution in [0.2, 0.25) is 0 Å². The number of esters is 1. The van der Waals surface area contributed by atoms with Gasteiger partial charge in [-0.25, -0.2) is 4.79 Å². The van der Waals surface area contributed by atoms with Gasteiger partial charge in [0.1, 0.15) is 15.6 Å². The molecule has 1 aromatic heterocycles. The second-order valence-electron chi connectivity index (χ2n) is 5.81. The molecule has 1 unspecified atom stereocenters. The molecule has 21 heavy (non-hydrogen) atoms. The lowest BCUT2D eigenvalue weighted by molar-refractivity contribution is 0.0607. The van der Waals surface area contributed by atoms with Gasteiger partial charge < -0.3 is 25.2 Å². The molecule has 1 aliphatic heterocycles. The lowest BCUT2D eigenvalue weighted by Crippen LogP contribution is -2.29. The van der Waals surface area contributed by atoms with Gasteiger partial charge in [-0.15, -0.1) is 11.3 Å². The van der Waals surface area contributed by atoms with Crippen molar-refractivity contribution < 1.29 is 19.4 Å². The molecular formula is C14H22N2O4S. The first-order valence-electron chi connectivity index (χ1n) is 6.89. The maximum Gasteiger partial charge on any atom is 0.350 e. The third kappa shape index (κ3) is 3.24. The summed E-state index contributed by atoms with van der Waals surface area (Å²) in [6.07, 6.45) is 0.605. The number of thiophene rings is 1. The molecule has 0 amide bonds. The number of ether oxygens (including phenoxy) is 2. The molecule has 0 bridgehead atoms. The molecule has 0 aliphatic carbocycles. The van der Waals surface area contributed by atoms with E-state index in [9.17, 15) is 9.90 Å². The van der Waals surface area contributed by atoms with Gasteiger partial charge in [-0.1, -0.05) is 0 Å². The zero-order chi connectivity index (χ0) is 15.8. The Morgan fingerprint density at radius 3 is 2.67 bits per heavy atom. The highest BCUT2D eigenvalue weighted by Gasteiger charge is 2.35. The van der Waals surface area contributed by atoms with Gasteiger partial charge >= 0.3 is 5.97 Å². The first-order valence-corrected chi connectivity index (χ1v) is 7.71.